The van der Waals surface area contributed by atoms with Crippen LogP contribution in [-0.4, -0.2) is 45.7 Å². The molecule has 0 bridgehead atoms. The molecule has 5 heteroatoms. The van der Waals surface area contributed by atoms with E-state index in [9.17, 15) is 4.79 Å². The SMILES string of the molecule is Cc1ccc(C2=NN(C(=O)CN(C)C(C)C)C(c3cccn3C)C2)cc1C. The molecule has 0 fully saturated rings. The monoisotopic (exact) mass is 366 g/mol. The Balaban J connectivity index is 1.93. The summed E-state index contributed by atoms with van der Waals surface area (Å²) in [6.45, 7) is 8.77. The molecule has 1 aromatic carbocycles. The third kappa shape index (κ3) is 3.98. The van der Waals surface area contributed by atoms with E-state index in [4.69, 9.17) is 5.10 Å². The van der Waals surface area contributed by atoms with Gasteiger partial charge in [0.15, 0.2) is 0 Å². The van der Waals surface area contributed by atoms with Crippen LogP contribution in [0.1, 0.15) is 48.7 Å². The van der Waals surface area contributed by atoms with Gasteiger partial charge >= 0.3 is 0 Å². The second-order valence-electron chi connectivity index (χ2n) is 7.86. The molecular weight excluding hydrogens is 336 g/mol. The molecule has 0 radical (unpaired) electrons. The maximum Gasteiger partial charge on any atom is 0.257 e. The molecule has 1 aliphatic heterocycles. The summed E-state index contributed by atoms with van der Waals surface area (Å²) in [6.07, 6.45) is 2.75. The lowest BCUT2D eigenvalue weighted by Gasteiger charge is -2.26. The molecule has 1 atom stereocenters. The Bertz CT molecular complexity index is 865. The van der Waals surface area contributed by atoms with Crippen LogP contribution in [0.15, 0.2) is 41.6 Å². The number of carbonyl (C=O) groups excluding carboxylic acids is 1. The van der Waals surface area contributed by atoms with Crippen molar-refractivity contribution in [1.29, 1.82) is 0 Å². The van der Waals surface area contributed by atoms with Gasteiger partial charge in [-0.1, -0.05) is 12.1 Å². The average Bonchev–Trinajstić information content (AvgIpc) is 3.23. The second-order valence-corrected chi connectivity index (χ2v) is 7.86. The Morgan fingerprint density at radius 1 is 1.26 bits per heavy atom. The fraction of sp³-hybridized carbons (Fsp3) is 0.455. The maximum atomic E-state index is 13.0. The molecule has 144 valence electrons. The van der Waals surface area contributed by atoms with Gasteiger partial charge in [-0.25, -0.2) is 5.01 Å². The summed E-state index contributed by atoms with van der Waals surface area (Å²) in [6, 6.07) is 10.8. The van der Waals surface area contributed by atoms with Crippen molar-refractivity contribution in [1.82, 2.24) is 14.5 Å². The van der Waals surface area contributed by atoms with Gasteiger partial charge in [0.1, 0.15) is 6.04 Å². The number of aryl methyl sites for hydroxylation is 3. The van der Waals surface area contributed by atoms with E-state index in [2.05, 4.69) is 56.5 Å². The number of amides is 1. The van der Waals surface area contributed by atoms with Crippen LogP contribution >= 0.6 is 0 Å². The van der Waals surface area contributed by atoms with Crippen molar-refractivity contribution in [2.75, 3.05) is 13.6 Å². The number of benzene rings is 1. The molecule has 0 spiro atoms. The molecule has 0 N–H and O–H groups in total. The Kier molecular flexibility index (Phi) is 5.51. The first-order chi connectivity index (χ1) is 12.8. The minimum Gasteiger partial charge on any atom is -0.353 e. The van der Waals surface area contributed by atoms with Crippen molar-refractivity contribution in [2.45, 2.75) is 46.2 Å². The van der Waals surface area contributed by atoms with Crippen molar-refractivity contribution in [3.8, 4) is 0 Å². The molecule has 1 amide bonds. The summed E-state index contributed by atoms with van der Waals surface area (Å²) >= 11 is 0. The van der Waals surface area contributed by atoms with Crippen LogP contribution in [0.25, 0.3) is 0 Å². The second kappa shape index (κ2) is 7.69. The van der Waals surface area contributed by atoms with Gasteiger partial charge in [0, 0.05) is 31.4 Å². The molecule has 1 unspecified atom stereocenters. The zero-order valence-electron chi connectivity index (χ0n) is 17.2. The number of nitrogens with zero attached hydrogens (tertiary/aromatic N) is 4. The van der Waals surface area contributed by atoms with Crippen molar-refractivity contribution >= 4 is 11.6 Å². The Morgan fingerprint density at radius 3 is 2.59 bits per heavy atom. The Hall–Kier alpha value is -2.40. The van der Waals surface area contributed by atoms with Crippen molar-refractivity contribution in [3.05, 3.63) is 58.9 Å². The molecule has 2 aromatic rings. The number of carbonyl (C=O) groups is 1. The van der Waals surface area contributed by atoms with Crippen molar-refractivity contribution < 1.29 is 4.79 Å². The summed E-state index contributed by atoms with van der Waals surface area (Å²) in [7, 11) is 4.00. The van der Waals surface area contributed by atoms with Crippen LogP contribution in [0.4, 0.5) is 0 Å². The minimum absolute atomic E-state index is 0.0382. The average molecular weight is 367 g/mol. The van der Waals surface area contributed by atoms with Crippen molar-refractivity contribution in [2.24, 2.45) is 12.1 Å². The lowest BCUT2D eigenvalue weighted by atomic mass is 9.98. The zero-order valence-corrected chi connectivity index (χ0v) is 17.2. The first-order valence-electron chi connectivity index (χ1n) is 9.56. The fourth-order valence-electron chi connectivity index (χ4n) is 3.35. The molecule has 0 saturated carbocycles. The summed E-state index contributed by atoms with van der Waals surface area (Å²) in [5.74, 6) is 0.0382. The van der Waals surface area contributed by atoms with E-state index < -0.39 is 0 Å². The first-order valence-corrected chi connectivity index (χ1v) is 9.56. The smallest absolute Gasteiger partial charge is 0.257 e. The standard InChI is InChI=1S/C22H30N4O/c1-15(2)25(6)14-22(27)26-21(20-8-7-11-24(20)5)13-19(23-26)18-10-9-16(3)17(4)12-18/h7-12,15,21H,13-14H2,1-6H3. The van der Waals surface area contributed by atoms with Gasteiger partial charge in [-0.3, -0.25) is 9.69 Å². The third-order valence-electron chi connectivity index (χ3n) is 5.60. The molecule has 27 heavy (non-hydrogen) atoms. The summed E-state index contributed by atoms with van der Waals surface area (Å²) in [5.41, 5.74) is 5.70. The fourth-order valence-corrected chi connectivity index (χ4v) is 3.35. The van der Waals surface area contributed by atoms with E-state index in [1.165, 1.54) is 11.1 Å². The van der Waals surface area contributed by atoms with E-state index in [-0.39, 0.29) is 11.9 Å². The molecule has 0 aliphatic carbocycles. The van der Waals surface area contributed by atoms with Gasteiger partial charge in [-0.15, -0.1) is 0 Å². The van der Waals surface area contributed by atoms with E-state index in [1.54, 1.807) is 5.01 Å². The molecule has 2 heterocycles. The predicted octanol–water partition coefficient (Wildman–Crippen LogP) is 3.66. The Labute approximate surface area is 162 Å². The molecular formula is C22H30N4O. The summed E-state index contributed by atoms with van der Waals surface area (Å²) in [5, 5.41) is 6.47. The van der Waals surface area contributed by atoms with E-state index in [0.717, 1.165) is 23.4 Å². The van der Waals surface area contributed by atoms with E-state index >= 15 is 0 Å². The molecule has 1 aromatic heterocycles. The van der Waals surface area contributed by atoms with Crippen LogP contribution in [0.3, 0.4) is 0 Å². The minimum atomic E-state index is -0.0605. The number of likely N-dealkylation sites (N-methyl/N-ethyl adjacent to an activating group) is 1. The van der Waals surface area contributed by atoms with Crippen LogP contribution < -0.4 is 0 Å². The van der Waals surface area contributed by atoms with Crippen LogP contribution in [0.2, 0.25) is 0 Å². The molecule has 3 rings (SSSR count). The normalized spacial score (nSPS) is 17.1. The van der Waals surface area contributed by atoms with E-state index in [0.29, 0.717) is 12.6 Å². The topological polar surface area (TPSA) is 40.8 Å². The van der Waals surface area contributed by atoms with Crippen LogP contribution in [0, 0.1) is 13.8 Å². The Morgan fingerprint density at radius 2 is 2.00 bits per heavy atom. The number of hydrogen-bond donors (Lipinski definition) is 0. The first kappa shape index (κ1) is 19.4. The van der Waals surface area contributed by atoms with Crippen LogP contribution in [0.5, 0.6) is 0 Å². The molecule has 1 aliphatic rings. The van der Waals surface area contributed by atoms with Crippen LogP contribution in [-0.2, 0) is 11.8 Å². The highest BCUT2D eigenvalue weighted by Crippen LogP contribution is 2.33. The highest BCUT2D eigenvalue weighted by atomic mass is 16.2. The maximum absolute atomic E-state index is 13.0. The number of hydrogen-bond acceptors (Lipinski definition) is 3. The highest BCUT2D eigenvalue weighted by Gasteiger charge is 2.34. The highest BCUT2D eigenvalue weighted by molar-refractivity contribution is 6.03. The third-order valence-corrected chi connectivity index (χ3v) is 5.60. The van der Waals surface area contributed by atoms with Gasteiger partial charge in [-0.2, -0.15) is 5.10 Å². The number of aromatic nitrogens is 1. The lowest BCUT2D eigenvalue weighted by Crippen LogP contribution is -2.39. The quantitative estimate of drug-likeness (QED) is 0.810. The summed E-state index contributed by atoms with van der Waals surface area (Å²) in [4.78, 5) is 15.1. The summed E-state index contributed by atoms with van der Waals surface area (Å²) < 4.78 is 2.08. The largest absolute Gasteiger partial charge is 0.353 e. The zero-order chi connectivity index (χ0) is 19.7. The van der Waals surface area contributed by atoms with Gasteiger partial charge in [0.2, 0.25) is 0 Å². The van der Waals surface area contributed by atoms with Crippen molar-refractivity contribution in [3.63, 3.8) is 0 Å². The van der Waals surface area contributed by atoms with Gasteiger partial charge in [0.05, 0.1) is 12.3 Å². The van der Waals surface area contributed by atoms with E-state index in [1.807, 2.05) is 31.3 Å². The van der Waals surface area contributed by atoms with Gasteiger partial charge in [0.25, 0.3) is 5.91 Å². The molecule has 5 nitrogen and oxygen atoms in total. The lowest BCUT2D eigenvalue weighted by molar-refractivity contribution is -0.134. The molecule has 0 saturated heterocycles. The predicted molar refractivity (Wildman–Crippen MR) is 110 cm³/mol. The number of rotatable bonds is 5. The van der Waals surface area contributed by atoms with Gasteiger partial charge < -0.3 is 4.57 Å². The number of hydrazone groups is 1. The van der Waals surface area contributed by atoms with Gasteiger partial charge in [-0.05, 0) is 69.6 Å².